The lowest BCUT2D eigenvalue weighted by Crippen LogP contribution is -2.13. The number of aromatic nitrogens is 1. The molecule has 0 radical (unpaired) electrons. The largest absolute Gasteiger partial charge is 0.432 e. The maximum absolute atomic E-state index is 13.2. The number of hydrogen-bond donors (Lipinski definition) is 2. The van der Waals surface area contributed by atoms with Gasteiger partial charge in [0.2, 0.25) is 0 Å². The molecular weight excluding hydrogens is 244 g/mol. The smallest absolute Gasteiger partial charge is 0.301 e. The van der Waals surface area contributed by atoms with E-state index in [1.165, 1.54) is 6.26 Å². The quantitative estimate of drug-likeness (QED) is 0.803. The number of benzene rings is 1. The van der Waals surface area contributed by atoms with Gasteiger partial charge in [-0.1, -0.05) is 0 Å². The van der Waals surface area contributed by atoms with Crippen molar-refractivity contribution in [2.75, 3.05) is 11.1 Å². The molecule has 2 aromatic rings. The monoisotopic (exact) mass is 253 g/mol. The summed E-state index contributed by atoms with van der Waals surface area (Å²) in [5.74, 6) is -2.73. The van der Waals surface area contributed by atoms with Gasteiger partial charge in [0, 0.05) is 5.56 Å². The Labute approximate surface area is 101 Å². The Bertz CT molecular complexity index is 587. The summed E-state index contributed by atoms with van der Waals surface area (Å²) in [7, 11) is 0. The Morgan fingerprint density at radius 3 is 2.50 bits per heavy atom. The molecule has 3 N–H and O–H groups in total. The first-order valence-corrected chi connectivity index (χ1v) is 4.95. The maximum Gasteiger partial charge on any atom is 0.301 e. The number of hydrogen-bond acceptors (Lipinski definition) is 4. The average Bonchev–Trinajstić information content (AvgIpc) is 2.71. The van der Waals surface area contributed by atoms with Gasteiger partial charge in [0.05, 0.1) is 5.69 Å². The maximum atomic E-state index is 13.2. The van der Waals surface area contributed by atoms with Gasteiger partial charge < -0.3 is 10.2 Å². The van der Waals surface area contributed by atoms with E-state index in [1.54, 1.807) is 6.92 Å². The fourth-order valence-corrected chi connectivity index (χ4v) is 1.30. The van der Waals surface area contributed by atoms with E-state index in [4.69, 9.17) is 10.2 Å². The van der Waals surface area contributed by atoms with Gasteiger partial charge in [0.1, 0.15) is 23.6 Å². The molecular formula is C11H9F2N3O2. The van der Waals surface area contributed by atoms with Crippen LogP contribution < -0.4 is 11.1 Å². The van der Waals surface area contributed by atoms with Crippen LogP contribution in [0.4, 0.5) is 20.5 Å². The predicted octanol–water partition coefficient (Wildman–Crippen LogP) is 2.10. The molecule has 18 heavy (non-hydrogen) atoms. The number of aryl methyl sites for hydroxylation is 1. The van der Waals surface area contributed by atoms with Crippen LogP contribution in [0, 0.1) is 18.6 Å². The van der Waals surface area contributed by atoms with Gasteiger partial charge >= 0.3 is 6.01 Å². The first-order chi connectivity index (χ1) is 8.47. The standard InChI is InChI=1S/C11H9F2N3O2/c1-5-4-18-11(15-5)16-10(17)6-2-7(12)9(14)8(13)3-6/h2-4H,14H2,1H3,(H,15,16,17). The summed E-state index contributed by atoms with van der Waals surface area (Å²) in [6.45, 7) is 1.67. The zero-order chi connectivity index (χ0) is 13.3. The van der Waals surface area contributed by atoms with Gasteiger partial charge in [-0.05, 0) is 19.1 Å². The van der Waals surface area contributed by atoms with Gasteiger partial charge in [0.25, 0.3) is 5.91 Å². The van der Waals surface area contributed by atoms with Crippen LogP contribution in [-0.4, -0.2) is 10.9 Å². The third-order valence-electron chi connectivity index (χ3n) is 2.18. The number of oxazole rings is 1. The van der Waals surface area contributed by atoms with E-state index in [0.29, 0.717) is 5.69 Å². The fourth-order valence-electron chi connectivity index (χ4n) is 1.30. The van der Waals surface area contributed by atoms with Crippen LogP contribution in [0.3, 0.4) is 0 Å². The molecule has 5 nitrogen and oxygen atoms in total. The zero-order valence-corrected chi connectivity index (χ0v) is 9.33. The number of nitrogens with two attached hydrogens (primary N) is 1. The van der Waals surface area contributed by atoms with Crippen molar-refractivity contribution in [2.24, 2.45) is 0 Å². The zero-order valence-electron chi connectivity index (χ0n) is 9.33. The van der Waals surface area contributed by atoms with Gasteiger partial charge in [-0.25, -0.2) is 8.78 Å². The van der Waals surface area contributed by atoms with Crippen LogP contribution in [0.5, 0.6) is 0 Å². The van der Waals surface area contributed by atoms with Gasteiger partial charge in [-0.15, -0.1) is 0 Å². The van der Waals surface area contributed by atoms with Crippen molar-refractivity contribution in [1.29, 1.82) is 0 Å². The second-order valence-electron chi connectivity index (χ2n) is 3.60. The van der Waals surface area contributed by atoms with Crippen molar-refractivity contribution in [3.8, 4) is 0 Å². The molecule has 0 bridgehead atoms. The van der Waals surface area contributed by atoms with Crippen LogP contribution >= 0.6 is 0 Å². The predicted molar refractivity (Wildman–Crippen MR) is 60.0 cm³/mol. The van der Waals surface area contributed by atoms with Gasteiger partial charge in [-0.3, -0.25) is 10.1 Å². The van der Waals surface area contributed by atoms with Crippen LogP contribution in [0.1, 0.15) is 16.1 Å². The van der Waals surface area contributed by atoms with E-state index in [0.717, 1.165) is 12.1 Å². The van der Waals surface area contributed by atoms with E-state index >= 15 is 0 Å². The lowest BCUT2D eigenvalue weighted by Gasteiger charge is -2.04. The second-order valence-corrected chi connectivity index (χ2v) is 3.60. The molecule has 0 fully saturated rings. The Morgan fingerprint density at radius 2 is 2.00 bits per heavy atom. The molecule has 1 amide bonds. The Morgan fingerprint density at radius 1 is 1.39 bits per heavy atom. The van der Waals surface area contributed by atoms with Gasteiger partial charge in [0.15, 0.2) is 0 Å². The summed E-state index contributed by atoms with van der Waals surface area (Å²) >= 11 is 0. The summed E-state index contributed by atoms with van der Waals surface area (Å²) in [4.78, 5) is 15.5. The van der Waals surface area contributed by atoms with Crippen molar-refractivity contribution in [1.82, 2.24) is 4.98 Å². The lowest BCUT2D eigenvalue weighted by molar-refractivity contribution is 0.102. The molecule has 1 aromatic heterocycles. The van der Waals surface area contributed by atoms with Crippen molar-refractivity contribution >= 4 is 17.6 Å². The molecule has 94 valence electrons. The number of nitrogens with one attached hydrogen (secondary N) is 1. The highest BCUT2D eigenvalue weighted by molar-refractivity contribution is 6.03. The SMILES string of the molecule is Cc1coc(NC(=O)c2cc(F)c(N)c(F)c2)n1. The highest BCUT2D eigenvalue weighted by Crippen LogP contribution is 2.18. The minimum atomic E-state index is -0.997. The average molecular weight is 253 g/mol. The van der Waals surface area contributed by atoms with Crippen LogP contribution in [0.2, 0.25) is 0 Å². The molecule has 0 aliphatic heterocycles. The normalized spacial score (nSPS) is 10.4. The molecule has 7 heteroatoms. The minimum Gasteiger partial charge on any atom is -0.432 e. The topological polar surface area (TPSA) is 81.2 Å². The summed E-state index contributed by atoms with van der Waals surface area (Å²) in [5, 5.41) is 2.26. The molecule has 0 atom stereocenters. The lowest BCUT2D eigenvalue weighted by atomic mass is 10.2. The number of amides is 1. The van der Waals surface area contributed by atoms with E-state index in [9.17, 15) is 13.6 Å². The first kappa shape index (κ1) is 12.0. The van der Waals surface area contributed by atoms with Gasteiger partial charge in [-0.2, -0.15) is 4.98 Å². The minimum absolute atomic E-state index is 0.0462. The highest BCUT2D eigenvalue weighted by atomic mass is 19.1. The summed E-state index contributed by atoms with van der Waals surface area (Å²) < 4.78 is 31.2. The third-order valence-corrected chi connectivity index (χ3v) is 2.18. The summed E-state index contributed by atoms with van der Waals surface area (Å²) in [6, 6.07) is 1.63. The molecule has 2 rings (SSSR count). The third kappa shape index (κ3) is 2.29. The summed E-state index contributed by atoms with van der Waals surface area (Å²) in [5.41, 5.74) is 4.82. The molecule has 0 spiro atoms. The molecule has 1 aromatic carbocycles. The second kappa shape index (κ2) is 4.44. The number of nitrogen functional groups attached to an aromatic ring is 1. The van der Waals surface area contributed by atoms with Crippen molar-refractivity contribution in [3.63, 3.8) is 0 Å². The van der Waals surface area contributed by atoms with E-state index < -0.39 is 23.2 Å². The molecule has 0 aliphatic rings. The number of halogens is 2. The van der Waals surface area contributed by atoms with Crippen molar-refractivity contribution < 1.29 is 18.0 Å². The fraction of sp³-hybridized carbons (Fsp3) is 0.0909. The number of nitrogens with zero attached hydrogens (tertiary/aromatic N) is 1. The van der Waals surface area contributed by atoms with E-state index in [-0.39, 0.29) is 11.6 Å². The van der Waals surface area contributed by atoms with E-state index in [2.05, 4.69) is 10.3 Å². The molecule has 0 saturated carbocycles. The van der Waals surface area contributed by atoms with Crippen molar-refractivity contribution in [3.05, 3.63) is 41.3 Å². The molecule has 0 aliphatic carbocycles. The van der Waals surface area contributed by atoms with E-state index in [1.807, 2.05) is 0 Å². The number of anilines is 2. The number of carbonyl (C=O) groups excluding carboxylic acids is 1. The number of carbonyl (C=O) groups is 1. The molecule has 0 saturated heterocycles. The van der Waals surface area contributed by atoms with Crippen molar-refractivity contribution in [2.45, 2.75) is 6.92 Å². The Kier molecular flexibility index (Phi) is 2.97. The summed E-state index contributed by atoms with van der Waals surface area (Å²) in [6.07, 6.45) is 1.33. The Hall–Kier alpha value is -2.44. The molecule has 1 heterocycles. The van der Waals surface area contributed by atoms with Crippen LogP contribution in [-0.2, 0) is 0 Å². The van der Waals surface area contributed by atoms with Crippen LogP contribution in [0.25, 0.3) is 0 Å². The Balaban J connectivity index is 2.24. The number of rotatable bonds is 2. The van der Waals surface area contributed by atoms with Crippen LogP contribution in [0.15, 0.2) is 22.8 Å². The molecule has 0 unspecified atom stereocenters. The highest BCUT2D eigenvalue weighted by Gasteiger charge is 2.14. The first-order valence-electron chi connectivity index (χ1n) is 4.95.